The minimum Gasteiger partial charge on any atom is -0.465 e. The molecular weight excluding hydrogens is 368 g/mol. The van der Waals surface area contributed by atoms with Crippen molar-refractivity contribution in [2.24, 2.45) is 0 Å². The summed E-state index contributed by atoms with van der Waals surface area (Å²) in [4.78, 5) is 21.6. The Morgan fingerprint density at radius 3 is 1.33 bits per heavy atom. The molecule has 6 heteroatoms. The van der Waals surface area contributed by atoms with Crippen molar-refractivity contribution >= 4 is 43.8 Å². The van der Waals surface area contributed by atoms with E-state index in [4.69, 9.17) is 9.47 Å². The summed E-state index contributed by atoms with van der Waals surface area (Å²) >= 11 is 6.07. The zero-order chi connectivity index (χ0) is 13.6. The molecule has 0 aliphatic carbocycles. The summed E-state index contributed by atoms with van der Waals surface area (Å²) in [5.74, 6) is -0.410. The molecule has 0 spiro atoms. The number of ether oxygens (including phenoxy) is 2. The van der Waals surface area contributed by atoms with Gasteiger partial charge >= 0.3 is 11.9 Å². The molecule has 0 atom stereocenters. The van der Waals surface area contributed by atoms with Crippen LogP contribution in [0.25, 0.3) is 0 Å². The first-order valence-electron chi connectivity index (χ1n) is 6.14. The lowest BCUT2D eigenvalue weighted by molar-refractivity contribution is -0.141. The first-order valence-corrected chi connectivity index (χ1v) is 8.38. The Morgan fingerprint density at radius 1 is 0.667 bits per heavy atom. The van der Waals surface area contributed by atoms with Crippen molar-refractivity contribution in [2.45, 2.75) is 38.5 Å². The lowest BCUT2D eigenvalue weighted by Crippen LogP contribution is -2.06. The van der Waals surface area contributed by atoms with E-state index in [0.717, 1.165) is 38.5 Å². The predicted octanol–water partition coefficient (Wildman–Crippen LogP) is 3.20. The first-order chi connectivity index (χ1) is 8.70. The quantitative estimate of drug-likeness (QED) is 0.310. The summed E-state index contributed by atoms with van der Waals surface area (Å²) in [5, 5.41) is 0.528. The molecule has 0 rings (SSSR count). The molecule has 0 aromatic rings. The summed E-state index contributed by atoms with van der Waals surface area (Å²) in [6, 6.07) is 0. The minimum atomic E-state index is -0.205. The van der Waals surface area contributed by atoms with Gasteiger partial charge in [0.1, 0.15) is 10.7 Å². The number of halogens is 2. The molecule has 0 heterocycles. The molecule has 106 valence electrons. The highest BCUT2D eigenvalue weighted by molar-refractivity contribution is 9.09. The number of rotatable bonds is 11. The van der Waals surface area contributed by atoms with E-state index < -0.39 is 0 Å². The van der Waals surface area contributed by atoms with E-state index in [0.29, 0.717) is 13.2 Å². The van der Waals surface area contributed by atoms with Crippen LogP contribution < -0.4 is 0 Å². The molecule has 4 nitrogen and oxygen atoms in total. The van der Waals surface area contributed by atoms with Crippen molar-refractivity contribution in [2.75, 3.05) is 23.9 Å². The second kappa shape index (κ2) is 13.3. The fraction of sp³-hybridized carbons (Fsp3) is 0.833. The maximum atomic E-state index is 10.8. The predicted molar refractivity (Wildman–Crippen MR) is 77.2 cm³/mol. The van der Waals surface area contributed by atoms with Crippen LogP contribution in [0.4, 0.5) is 0 Å². The average Bonchev–Trinajstić information content (AvgIpc) is 2.40. The number of hydrogen-bond donors (Lipinski definition) is 0. The molecule has 0 unspecified atom stereocenters. The first kappa shape index (κ1) is 17.9. The van der Waals surface area contributed by atoms with Crippen LogP contribution in [-0.4, -0.2) is 35.8 Å². The molecule has 0 aromatic heterocycles. The largest absolute Gasteiger partial charge is 0.465 e. The van der Waals surface area contributed by atoms with Gasteiger partial charge in [-0.2, -0.15) is 0 Å². The lowest BCUT2D eigenvalue weighted by atomic mass is 10.1. The van der Waals surface area contributed by atoms with Crippen LogP contribution in [0.1, 0.15) is 38.5 Å². The van der Waals surface area contributed by atoms with Gasteiger partial charge in [-0.15, -0.1) is 0 Å². The Kier molecular flexibility index (Phi) is 13.3. The van der Waals surface area contributed by atoms with Crippen molar-refractivity contribution in [3.63, 3.8) is 0 Å². The molecule has 0 aromatic carbocycles. The standard InChI is InChI=1S/C12H20Br2O4/c13-9-11(15)17-7-5-3-1-2-4-6-8-18-12(16)10-14/h1-10H2. The van der Waals surface area contributed by atoms with Gasteiger partial charge in [0.05, 0.1) is 13.2 Å². The van der Waals surface area contributed by atoms with Gasteiger partial charge in [-0.3, -0.25) is 9.59 Å². The Hall–Kier alpha value is -0.100. The Labute approximate surface area is 125 Å². The Bertz CT molecular complexity index is 210. The van der Waals surface area contributed by atoms with Crippen LogP contribution in [0.15, 0.2) is 0 Å². The highest BCUT2D eigenvalue weighted by Gasteiger charge is 1.99. The summed E-state index contributed by atoms with van der Waals surface area (Å²) in [6.45, 7) is 1.01. The molecule has 0 amide bonds. The maximum Gasteiger partial charge on any atom is 0.316 e. The lowest BCUT2D eigenvalue weighted by Gasteiger charge is -2.04. The smallest absolute Gasteiger partial charge is 0.316 e. The Balaban J connectivity index is 3.07. The monoisotopic (exact) mass is 386 g/mol. The average molecular weight is 388 g/mol. The third-order valence-electron chi connectivity index (χ3n) is 2.28. The molecule has 0 N–H and O–H groups in total. The van der Waals surface area contributed by atoms with Gasteiger partial charge in [-0.1, -0.05) is 57.5 Å². The number of carbonyl (C=O) groups is 2. The molecule has 0 aliphatic rings. The van der Waals surface area contributed by atoms with Gasteiger partial charge in [0.2, 0.25) is 0 Å². The van der Waals surface area contributed by atoms with Gasteiger partial charge in [0.15, 0.2) is 0 Å². The number of esters is 2. The van der Waals surface area contributed by atoms with Crippen LogP contribution >= 0.6 is 31.9 Å². The van der Waals surface area contributed by atoms with E-state index in [1.165, 1.54) is 0 Å². The van der Waals surface area contributed by atoms with Crippen LogP contribution in [0.2, 0.25) is 0 Å². The van der Waals surface area contributed by atoms with Crippen LogP contribution in [0.5, 0.6) is 0 Å². The zero-order valence-electron chi connectivity index (χ0n) is 10.5. The zero-order valence-corrected chi connectivity index (χ0v) is 13.6. The second-order valence-electron chi connectivity index (χ2n) is 3.83. The number of hydrogen-bond acceptors (Lipinski definition) is 4. The van der Waals surface area contributed by atoms with Gasteiger partial charge in [-0.05, 0) is 12.8 Å². The fourth-order valence-electron chi connectivity index (χ4n) is 1.36. The summed E-state index contributed by atoms with van der Waals surface area (Å²) in [6.07, 6.45) is 6.21. The van der Waals surface area contributed by atoms with Crippen LogP contribution in [0.3, 0.4) is 0 Å². The van der Waals surface area contributed by atoms with E-state index in [9.17, 15) is 9.59 Å². The summed E-state index contributed by atoms with van der Waals surface area (Å²) in [5.41, 5.74) is 0. The maximum absolute atomic E-state index is 10.8. The van der Waals surface area contributed by atoms with Gasteiger partial charge in [0, 0.05) is 0 Å². The summed E-state index contributed by atoms with van der Waals surface area (Å²) in [7, 11) is 0. The molecule has 0 fully saturated rings. The highest BCUT2D eigenvalue weighted by atomic mass is 79.9. The highest BCUT2D eigenvalue weighted by Crippen LogP contribution is 2.06. The van der Waals surface area contributed by atoms with Gasteiger partial charge < -0.3 is 9.47 Å². The second-order valence-corrected chi connectivity index (χ2v) is 4.95. The van der Waals surface area contributed by atoms with E-state index >= 15 is 0 Å². The van der Waals surface area contributed by atoms with E-state index in [2.05, 4.69) is 31.9 Å². The summed E-state index contributed by atoms with van der Waals surface area (Å²) < 4.78 is 9.85. The molecular formula is C12H20Br2O4. The SMILES string of the molecule is O=C(CBr)OCCCCCCCCOC(=O)CBr. The number of alkyl halides is 2. The van der Waals surface area contributed by atoms with Gasteiger partial charge in [0.25, 0.3) is 0 Å². The van der Waals surface area contributed by atoms with Crippen molar-refractivity contribution < 1.29 is 19.1 Å². The van der Waals surface area contributed by atoms with E-state index in [1.54, 1.807) is 0 Å². The van der Waals surface area contributed by atoms with Crippen molar-refractivity contribution in [3.05, 3.63) is 0 Å². The van der Waals surface area contributed by atoms with Crippen molar-refractivity contribution in [3.8, 4) is 0 Å². The molecule has 0 saturated carbocycles. The van der Waals surface area contributed by atoms with E-state index in [-0.39, 0.29) is 22.6 Å². The number of carbonyl (C=O) groups excluding carboxylic acids is 2. The molecule has 0 saturated heterocycles. The van der Waals surface area contributed by atoms with Crippen molar-refractivity contribution in [1.82, 2.24) is 0 Å². The molecule has 0 bridgehead atoms. The topological polar surface area (TPSA) is 52.6 Å². The third-order valence-corrected chi connectivity index (χ3v) is 3.20. The Morgan fingerprint density at radius 2 is 1.00 bits per heavy atom. The molecule has 18 heavy (non-hydrogen) atoms. The van der Waals surface area contributed by atoms with Crippen LogP contribution in [-0.2, 0) is 19.1 Å². The van der Waals surface area contributed by atoms with Gasteiger partial charge in [-0.25, -0.2) is 0 Å². The normalized spacial score (nSPS) is 10.1. The molecule has 0 radical (unpaired) electrons. The number of unbranched alkanes of at least 4 members (excludes halogenated alkanes) is 5. The molecule has 0 aliphatic heterocycles. The third kappa shape index (κ3) is 12.4. The minimum absolute atomic E-state index is 0.205. The van der Waals surface area contributed by atoms with E-state index in [1.807, 2.05) is 0 Å². The van der Waals surface area contributed by atoms with Crippen molar-refractivity contribution in [1.29, 1.82) is 0 Å². The van der Waals surface area contributed by atoms with Crippen LogP contribution in [0, 0.1) is 0 Å². The fourth-order valence-corrected chi connectivity index (χ4v) is 1.68.